The molecule has 0 radical (unpaired) electrons. The van der Waals surface area contributed by atoms with Gasteiger partial charge in [-0.2, -0.15) is 0 Å². The topological polar surface area (TPSA) is 59.1 Å². The van der Waals surface area contributed by atoms with E-state index in [-0.39, 0.29) is 15.5 Å². The molecule has 6 heteroatoms. The van der Waals surface area contributed by atoms with Crippen LogP contribution in [-0.2, 0) is 15.4 Å². The number of halogens is 1. The first-order valence-electron chi connectivity index (χ1n) is 6.69. The second-order valence-electron chi connectivity index (χ2n) is 5.29. The van der Waals surface area contributed by atoms with Crippen molar-refractivity contribution >= 4 is 21.6 Å². The summed E-state index contributed by atoms with van der Waals surface area (Å²) in [6.45, 7) is 0.405. The fourth-order valence-corrected chi connectivity index (χ4v) is 3.53. The van der Waals surface area contributed by atoms with Crippen LogP contribution in [0.2, 0.25) is 5.15 Å². The number of hydrogen-bond donors (Lipinski definition) is 1. The number of hydrogen-bond acceptors (Lipinski definition) is 3. The van der Waals surface area contributed by atoms with Crippen LogP contribution in [0.1, 0.15) is 18.4 Å². The summed E-state index contributed by atoms with van der Waals surface area (Å²) in [7, 11) is -3.55. The fourth-order valence-electron chi connectivity index (χ4n) is 2.35. The highest BCUT2D eigenvalue weighted by Crippen LogP contribution is 2.47. The molecular weight excluding hydrogens is 308 g/mol. The average Bonchev–Trinajstić information content (AvgIpc) is 3.28. The predicted octanol–water partition coefficient (Wildman–Crippen LogP) is 2.75. The molecule has 0 unspecified atom stereocenters. The van der Waals surface area contributed by atoms with Crippen LogP contribution in [-0.4, -0.2) is 19.9 Å². The van der Waals surface area contributed by atoms with Gasteiger partial charge in [-0.05, 0) is 30.5 Å². The van der Waals surface area contributed by atoms with Gasteiger partial charge in [-0.1, -0.05) is 41.9 Å². The van der Waals surface area contributed by atoms with E-state index in [0.29, 0.717) is 6.54 Å². The van der Waals surface area contributed by atoms with E-state index >= 15 is 0 Å². The smallest absolute Gasteiger partial charge is 0.242 e. The minimum atomic E-state index is -3.55. The monoisotopic (exact) mass is 322 g/mol. The van der Waals surface area contributed by atoms with Gasteiger partial charge in [-0.3, -0.25) is 0 Å². The third-order valence-corrected chi connectivity index (χ3v) is 5.46. The molecule has 3 rings (SSSR count). The van der Waals surface area contributed by atoms with E-state index in [9.17, 15) is 8.42 Å². The SMILES string of the molecule is O=S(=O)(NCC1(c2ccccc2)CC1)c1ccc(Cl)nc1. The Kier molecular flexibility index (Phi) is 3.73. The summed E-state index contributed by atoms with van der Waals surface area (Å²) < 4.78 is 27.2. The zero-order valence-corrected chi connectivity index (χ0v) is 12.9. The molecule has 1 saturated carbocycles. The van der Waals surface area contributed by atoms with E-state index in [0.717, 1.165) is 12.8 Å². The van der Waals surface area contributed by atoms with Gasteiger partial charge in [0.1, 0.15) is 10.0 Å². The summed E-state index contributed by atoms with van der Waals surface area (Å²) in [6, 6.07) is 12.9. The molecule has 2 aromatic rings. The molecule has 1 aliphatic rings. The van der Waals surface area contributed by atoms with Crippen molar-refractivity contribution in [1.82, 2.24) is 9.71 Å². The quantitative estimate of drug-likeness (QED) is 0.861. The summed E-state index contributed by atoms with van der Waals surface area (Å²) in [5, 5.41) is 0.275. The third-order valence-electron chi connectivity index (χ3n) is 3.85. The van der Waals surface area contributed by atoms with Crippen LogP contribution in [0.25, 0.3) is 0 Å². The maximum atomic E-state index is 12.3. The van der Waals surface area contributed by atoms with Gasteiger partial charge in [-0.25, -0.2) is 18.1 Å². The second-order valence-corrected chi connectivity index (χ2v) is 7.44. The second kappa shape index (κ2) is 5.40. The van der Waals surface area contributed by atoms with Crippen LogP contribution in [0.5, 0.6) is 0 Å². The Bertz CT molecular complexity index is 726. The molecule has 0 spiro atoms. The first-order chi connectivity index (χ1) is 10.0. The van der Waals surface area contributed by atoms with Gasteiger partial charge < -0.3 is 0 Å². The van der Waals surface area contributed by atoms with E-state index in [2.05, 4.69) is 9.71 Å². The lowest BCUT2D eigenvalue weighted by molar-refractivity contribution is 0.566. The largest absolute Gasteiger partial charge is 0.243 e. The summed E-state index contributed by atoms with van der Waals surface area (Å²) in [5.74, 6) is 0. The van der Waals surface area contributed by atoms with Crippen LogP contribution >= 0.6 is 11.6 Å². The van der Waals surface area contributed by atoms with Gasteiger partial charge in [0.15, 0.2) is 0 Å². The zero-order chi connectivity index (χ0) is 14.9. The molecule has 110 valence electrons. The number of benzene rings is 1. The summed E-state index contributed by atoms with van der Waals surface area (Å²) >= 11 is 5.68. The van der Waals surface area contributed by atoms with Crippen LogP contribution in [0.3, 0.4) is 0 Å². The summed E-state index contributed by atoms with van der Waals surface area (Å²) in [6.07, 6.45) is 3.27. The zero-order valence-electron chi connectivity index (χ0n) is 11.3. The van der Waals surface area contributed by atoms with Crippen LogP contribution in [0.4, 0.5) is 0 Å². The number of pyridine rings is 1. The van der Waals surface area contributed by atoms with Crippen molar-refractivity contribution in [3.8, 4) is 0 Å². The van der Waals surface area contributed by atoms with E-state index in [4.69, 9.17) is 11.6 Å². The van der Waals surface area contributed by atoms with Crippen molar-refractivity contribution in [3.63, 3.8) is 0 Å². The fraction of sp³-hybridized carbons (Fsp3) is 0.267. The maximum Gasteiger partial charge on any atom is 0.242 e. The van der Waals surface area contributed by atoms with E-state index in [1.807, 2.05) is 30.3 Å². The highest BCUT2D eigenvalue weighted by atomic mass is 35.5. The molecule has 1 aliphatic carbocycles. The lowest BCUT2D eigenvalue weighted by Crippen LogP contribution is -2.32. The molecule has 1 N–H and O–H groups in total. The Morgan fingerprint density at radius 3 is 2.43 bits per heavy atom. The number of rotatable bonds is 5. The standard InChI is InChI=1S/C15H15ClN2O2S/c16-14-7-6-13(10-17-14)21(19,20)18-11-15(8-9-15)12-4-2-1-3-5-12/h1-7,10,18H,8-9,11H2. The molecule has 0 bridgehead atoms. The number of sulfonamides is 1. The van der Waals surface area contributed by atoms with Crippen molar-refractivity contribution in [3.05, 3.63) is 59.4 Å². The number of nitrogens with zero attached hydrogens (tertiary/aromatic N) is 1. The normalized spacial score (nSPS) is 16.6. The lowest BCUT2D eigenvalue weighted by atomic mass is 9.96. The van der Waals surface area contributed by atoms with E-state index < -0.39 is 10.0 Å². The number of nitrogens with one attached hydrogen (secondary N) is 1. The van der Waals surface area contributed by atoms with Crippen molar-refractivity contribution in [2.75, 3.05) is 6.54 Å². The Morgan fingerprint density at radius 2 is 1.86 bits per heavy atom. The summed E-state index contributed by atoms with van der Waals surface area (Å²) in [5.41, 5.74) is 1.12. The molecule has 0 atom stereocenters. The molecule has 1 fully saturated rings. The maximum absolute atomic E-state index is 12.3. The van der Waals surface area contributed by atoms with E-state index in [1.54, 1.807) is 0 Å². The molecule has 0 aliphatic heterocycles. The molecule has 1 aromatic heterocycles. The lowest BCUT2D eigenvalue weighted by Gasteiger charge is -2.16. The van der Waals surface area contributed by atoms with E-state index in [1.165, 1.54) is 23.9 Å². The van der Waals surface area contributed by atoms with Crippen molar-refractivity contribution in [1.29, 1.82) is 0 Å². The van der Waals surface area contributed by atoms with Crippen molar-refractivity contribution < 1.29 is 8.42 Å². The van der Waals surface area contributed by atoms with Crippen LogP contribution in [0, 0.1) is 0 Å². The van der Waals surface area contributed by atoms with Crippen LogP contribution in [0.15, 0.2) is 53.6 Å². The molecule has 1 heterocycles. The van der Waals surface area contributed by atoms with Crippen LogP contribution < -0.4 is 4.72 Å². The van der Waals surface area contributed by atoms with Gasteiger partial charge in [-0.15, -0.1) is 0 Å². The first kappa shape index (κ1) is 14.5. The Hall–Kier alpha value is -1.43. The number of aromatic nitrogens is 1. The molecule has 21 heavy (non-hydrogen) atoms. The van der Waals surface area contributed by atoms with Gasteiger partial charge in [0.05, 0.1) is 0 Å². The molecule has 0 saturated heterocycles. The Balaban J connectivity index is 1.74. The Labute approximate surface area is 129 Å². The minimum Gasteiger partial charge on any atom is -0.243 e. The molecular formula is C15H15ClN2O2S. The first-order valence-corrected chi connectivity index (χ1v) is 8.55. The van der Waals surface area contributed by atoms with Crippen molar-refractivity contribution in [2.24, 2.45) is 0 Å². The van der Waals surface area contributed by atoms with Gasteiger partial charge in [0, 0.05) is 18.2 Å². The highest BCUT2D eigenvalue weighted by molar-refractivity contribution is 7.89. The highest BCUT2D eigenvalue weighted by Gasteiger charge is 2.44. The van der Waals surface area contributed by atoms with Gasteiger partial charge >= 0.3 is 0 Å². The minimum absolute atomic E-state index is 0.0613. The average molecular weight is 323 g/mol. The predicted molar refractivity (Wildman–Crippen MR) is 81.8 cm³/mol. The Morgan fingerprint density at radius 1 is 1.14 bits per heavy atom. The van der Waals surface area contributed by atoms with Crippen molar-refractivity contribution in [2.45, 2.75) is 23.2 Å². The molecule has 0 amide bonds. The summed E-state index contributed by atoms with van der Waals surface area (Å²) in [4.78, 5) is 3.94. The third kappa shape index (κ3) is 3.10. The van der Waals surface area contributed by atoms with Gasteiger partial charge in [0.25, 0.3) is 0 Å². The van der Waals surface area contributed by atoms with Gasteiger partial charge in [0.2, 0.25) is 10.0 Å². The molecule has 4 nitrogen and oxygen atoms in total. The molecule has 1 aromatic carbocycles.